The molecular weight excluding hydrogens is 600 g/mol. The van der Waals surface area contributed by atoms with Gasteiger partial charge in [0, 0.05) is 24.0 Å². The minimum Gasteiger partial charge on any atom is -0.493 e. The third-order valence-electron chi connectivity index (χ3n) is 8.24. The van der Waals surface area contributed by atoms with E-state index in [4.69, 9.17) is 23.7 Å². The first-order valence-corrected chi connectivity index (χ1v) is 15.8. The molecule has 0 amide bonds. The highest BCUT2D eigenvalue weighted by Gasteiger charge is 2.27. The molecule has 5 rings (SSSR count). The molecular formula is C38H38O9. The van der Waals surface area contributed by atoms with Crippen LogP contribution in [-0.4, -0.2) is 43.2 Å². The lowest BCUT2D eigenvalue weighted by Crippen LogP contribution is -2.22. The Morgan fingerprint density at radius 1 is 0.809 bits per heavy atom. The van der Waals surface area contributed by atoms with E-state index in [2.05, 4.69) is 13.2 Å². The zero-order chi connectivity index (χ0) is 33.3. The summed E-state index contributed by atoms with van der Waals surface area (Å²) in [6, 6.07) is 17.6. The Bertz CT molecular complexity index is 1660. The highest BCUT2D eigenvalue weighted by atomic mass is 16.6. The van der Waals surface area contributed by atoms with Crippen molar-refractivity contribution in [3.63, 3.8) is 0 Å². The van der Waals surface area contributed by atoms with Crippen molar-refractivity contribution in [1.29, 1.82) is 0 Å². The number of rotatable bonds is 13. The Labute approximate surface area is 274 Å². The molecule has 0 spiro atoms. The summed E-state index contributed by atoms with van der Waals surface area (Å²) < 4.78 is 27.3. The van der Waals surface area contributed by atoms with E-state index in [0.717, 1.165) is 60.4 Å². The van der Waals surface area contributed by atoms with Crippen LogP contribution in [-0.2, 0) is 23.9 Å². The van der Waals surface area contributed by atoms with Crippen molar-refractivity contribution in [2.45, 2.75) is 63.9 Å². The molecule has 1 fully saturated rings. The fraction of sp³-hybridized carbons (Fsp3) is 0.316. The van der Waals surface area contributed by atoms with E-state index < -0.39 is 23.9 Å². The van der Waals surface area contributed by atoms with Gasteiger partial charge in [-0.15, -0.1) is 0 Å². The minimum atomic E-state index is -0.628. The average Bonchev–Trinajstić information content (AvgIpc) is 3.35. The van der Waals surface area contributed by atoms with E-state index in [1.165, 1.54) is 0 Å². The molecule has 2 aliphatic carbocycles. The smallest absolute Gasteiger partial charge is 0.343 e. The average molecular weight is 639 g/mol. The molecule has 3 aromatic rings. The van der Waals surface area contributed by atoms with Crippen LogP contribution in [0.25, 0.3) is 11.1 Å². The van der Waals surface area contributed by atoms with Gasteiger partial charge in [-0.25, -0.2) is 14.4 Å². The van der Waals surface area contributed by atoms with Crippen molar-refractivity contribution in [2.24, 2.45) is 0 Å². The van der Waals surface area contributed by atoms with Crippen LogP contribution in [0, 0.1) is 0 Å². The quantitative estimate of drug-likeness (QED) is 0.0826. The highest BCUT2D eigenvalue weighted by Crippen LogP contribution is 2.47. The summed E-state index contributed by atoms with van der Waals surface area (Å²) >= 11 is 0. The molecule has 47 heavy (non-hydrogen) atoms. The van der Waals surface area contributed by atoms with Crippen molar-refractivity contribution in [3.05, 3.63) is 102 Å². The summed E-state index contributed by atoms with van der Waals surface area (Å²) in [5, 5.41) is 0. The second-order valence-corrected chi connectivity index (χ2v) is 11.6. The first-order chi connectivity index (χ1) is 22.7. The molecule has 0 heterocycles. The van der Waals surface area contributed by atoms with Gasteiger partial charge in [0.25, 0.3) is 0 Å². The van der Waals surface area contributed by atoms with Crippen molar-refractivity contribution in [2.75, 3.05) is 13.2 Å². The van der Waals surface area contributed by atoms with Crippen molar-refractivity contribution in [1.82, 2.24) is 0 Å². The monoisotopic (exact) mass is 638 g/mol. The van der Waals surface area contributed by atoms with Gasteiger partial charge in [0.05, 0.1) is 25.2 Å². The maximum absolute atomic E-state index is 12.9. The summed E-state index contributed by atoms with van der Waals surface area (Å²) in [7, 11) is 0. The summed E-state index contributed by atoms with van der Waals surface area (Å²) in [6.07, 6.45) is 6.28. The Kier molecular flexibility index (Phi) is 10.9. The third-order valence-corrected chi connectivity index (χ3v) is 8.24. The molecule has 1 atom stereocenters. The van der Waals surface area contributed by atoms with E-state index in [9.17, 15) is 19.2 Å². The number of hydrogen-bond donors (Lipinski definition) is 0. The van der Waals surface area contributed by atoms with Crippen LogP contribution in [0.2, 0.25) is 0 Å². The van der Waals surface area contributed by atoms with E-state index in [0.29, 0.717) is 29.2 Å². The number of carbonyl (C=O) groups excluding carboxylic acids is 4. The van der Waals surface area contributed by atoms with Crippen molar-refractivity contribution >= 4 is 23.9 Å². The second kappa shape index (κ2) is 15.4. The Hall–Kier alpha value is -5.18. The number of ether oxygens (including phenoxy) is 5. The number of esters is 4. The van der Waals surface area contributed by atoms with Gasteiger partial charge in [-0.2, -0.15) is 0 Å². The number of benzene rings is 3. The maximum Gasteiger partial charge on any atom is 0.343 e. The molecule has 0 saturated heterocycles. The molecule has 9 nitrogen and oxygen atoms in total. The van der Waals surface area contributed by atoms with E-state index in [1.54, 1.807) is 36.4 Å². The van der Waals surface area contributed by atoms with Gasteiger partial charge in [-0.1, -0.05) is 38.6 Å². The van der Waals surface area contributed by atoms with Crippen LogP contribution in [0.1, 0.15) is 79.3 Å². The standard InChI is InChI=1S/C38H38O9/c1-4-35(39)46-29-15-17-31-32-18-16-30(23-34(32)25(3)33(31)22-29)47-38(42)26-11-13-27(14-12-26)43-19-8-20-44-37(41)24(2)21-36(40)45-28-9-6-5-7-10-28/h4,11-18,22-23,25,28H,1-2,5-10,19-21H2,3H3. The normalized spacial score (nSPS) is 15.0. The lowest BCUT2D eigenvalue weighted by molar-refractivity contribution is -0.151. The van der Waals surface area contributed by atoms with Gasteiger partial charge in [-0.3, -0.25) is 4.79 Å². The molecule has 0 N–H and O–H groups in total. The topological polar surface area (TPSA) is 114 Å². The van der Waals surface area contributed by atoms with Gasteiger partial charge in [0.1, 0.15) is 23.4 Å². The van der Waals surface area contributed by atoms with Crippen LogP contribution in [0.3, 0.4) is 0 Å². The van der Waals surface area contributed by atoms with Gasteiger partial charge < -0.3 is 23.7 Å². The van der Waals surface area contributed by atoms with Crippen LogP contribution in [0.4, 0.5) is 0 Å². The zero-order valence-corrected chi connectivity index (χ0v) is 26.5. The Morgan fingerprint density at radius 3 is 2.06 bits per heavy atom. The molecule has 2 aliphatic rings. The molecule has 1 unspecified atom stereocenters. The van der Waals surface area contributed by atoms with Crippen molar-refractivity contribution in [3.8, 4) is 28.4 Å². The summed E-state index contributed by atoms with van der Waals surface area (Å²) in [4.78, 5) is 48.8. The third kappa shape index (κ3) is 8.55. The first kappa shape index (κ1) is 33.2. The zero-order valence-electron chi connectivity index (χ0n) is 26.5. The minimum absolute atomic E-state index is 0.00886. The molecule has 0 radical (unpaired) electrons. The second-order valence-electron chi connectivity index (χ2n) is 11.6. The fourth-order valence-electron chi connectivity index (χ4n) is 5.77. The van der Waals surface area contributed by atoms with Crippen LogP contribution >= 0.6 is 0 Å². The number of hydrogen-bond acceptors (Lipinski definition) is 9. The molecule has 9 heteroatoms. The van der Waals surface area contributed by atoms with E-state index in [1.807, 2.05) is 31.2 Å². The van der Waals surface area contributed by atoms with E-state index in [-0.39, 0.29) is 37.2 Å². The van der Waals surface area contributed by atoms with Crippen LogP contribution < -0.4 is 14.2 Å². The maximum atomic E-state index is 12.9. The summed E-state index contributed by atoms with van der Waals surface area (Å²) in [5.74, 6) is -0.682. The predicted octanol–water partition coefficient (Wildman–Crippen LogP) is 7.26. The fourth-order valence-corrected chi connectivity index (χ4v) is 5.77. The van der Waals surface area contributed by atoms with Crippen molar-refractivity contribution < 1.29 is 42.9 Å². The SMILES string of the molecule is C=CC(=O)Oc1ccc2c(c1)C(C)c1cc(OC(=O)c3ccc(OCCCOC(=O)C(=C)CC(=O)OC4CCCCC4)cc3)ccc1-2. The number of carbonyl (C=O) groups is 4. The molecule has 0 bridgehead atoms. The number of fused-ring (bicyclic) bond motifs is 3. The van der Waals surface area contributed by atoms with Crippen LogP contribution in [0.15, 0.2) is 85.5 Å². The van der Waals surface area contributed by atoms with Gasteiger partial charge in [0.2, 0.25) is 0 Å². The molecule has 3 aromatic carbocycles. The molecule has 0 aromatic heterocycles. The molecule has 244 valence electrons. The summed E-state index contributed by atoms with van der Waals surface area (Å²) in [6.45, 7) is 9.53. The molecule has 1 saturated carbocycles. The Morgan fingerprint density at radius 2 is 1.43 bits per heavy atom. The van der Waals surface area contributed by atoms with Gasteiger partial charge >= 0.3 is 23.9 Å². The first-order valence-electron chi connectivity index (χ1n) is 15.8. The van der Waals surface area contributed by atoms with Gasteiger partial charge in [-0.05, 0) is 96.5 Å². The lowest BCUT2D eigenvalue weighted by atomic mass is 9.98. The summed E-state index contributed by atoms with van der Waals surface area (Å²) in [5.41, 5.74) is 4.52. The van der Waals surface area contributed by atoms with Gasteiger partial charge in [0.15, 0.2) is 0 Å². The highest BCUT2D eigenvalue weighted by molar-refractivity contribution is 5.93. The predicted molar refractivity (Wildman–Crippen MR) is 174 cm³/mol. The largest absolute Gasteiger partial charge is 0.493 e. The Balaban J connectivity index is 1.04. The van der Waals surface area contributed by atoms with Crippen LogP contribution in [0.5, 0.6) is 17.2 Å². The molecule has 0 aliphatic heterocycles. The lowest BCUT2D eigenvalue weighted by Gasteiger charge is -2.21. The van der Waals surface area contributed by atoms with E-state index >= 15 is 0 Å².